The number of rotatable bonds is 6. The first-order valence-electron chi connectivity index (χ1n) is 9.16. The standard InChI is InChI=1S/C23H23N3O2/c1-17(19-11-7-4-8-12-19)25-22(27)20-13-14-24-21(15-20)23(28)26(2)16-18-9-5-3-6-10-18/h3-15,17H,16H2,1-2H3,(H,25,27). The van der Waals surface area contributed by atoms with Crippen molar-refractivity contribution in [3.05, 3.63) is 101 Å². The molecule has 0 aliphatic rings. The average Bonchev–Trinajstić information content (AvgIpc) is 2.74. The van der Waals surface area contributed by atoms with Crippen LogP contribution in [0.25, 0.3) is 0 Å². The third kappa shape index (κ3) is 4.82. The summed E-state index contributed by atoms with van der Waals surface area (Å²) >= 11 is 0. The van der Waals surface area contributed by atoms with Gasteiger partial charge in [0.25, 0.3) is 11.8 Å². The molecule has 0 fully saturated rings. The summed E-state index contributed by atoms with van der Waals surface area (Å²) in [6.45, 7) is 2.40. The smallest absolute Gasteiger partial charge is 0.272 e. The van der Waals surface area contributed by atoms with E-state index in [0.717, 1.165) is 11.1 Å². The number of carbonyl (C=O) groups excluding carboxylic acids is 2. The van der Waals surface area contributed by atoms with Crippen LogP contribution in [0.1, 0.15) is 44.9 Å². The molecule has 0 saturated carbocycles. The van der Waals surface area contributed by atoms with Crippen LogP contribution in [0.2, 0.25) is 0 Å². The van der Waals surface area contributed by atoms with Crippen molar-refractivity contribution in [3.63, 3.8) is 0 Å². The number of nitrogens with one attached hydrogen (secondary N) is 1. The van der Waals surface area contributed by atoms with Gasteiger partial charge in [-0.1, -0.05) is 60.7 Å². The Hall–Kier alpha value is -3.47. The van der Waals surface area contributed by atoms with Crippen molar-refractivity contribution in [1.29, 1.82) is 0 Å². The van der Waals surface area contributed by atoms with E-state index in [1.54, 1.807) is 18.0 Å². The van der Waals surface area contributed by atoms with Crippen LogP contribution in [0.4, 0.5) is 0 Å². The zero-order chi connectivity index (χ0) is 19.9. The Labute approximate surface area is 165 Å². The van der Waals surface area contributed by atoms with Crippen LogP contribution < -0.4 is 5.32 Å². The number of nitrogens with zero attached hydrogens (tertiary/aromatic N) is 2. The van der Waals surface area contributed by atoms with Gasteiger partial charge in [-0.15, -0.1) is 0 Å². The highest BCUT2D eigenvalue weighted by Gasteiger charge is 2.17. The Kier molecular flexibility index (Phi) is 6.17. The van der Waals surface area contributed by atoms with E-state index in [1.807, 2.05) is 67.6 Å². The van der Waals surface area contributed by atoms with Gasteiger partial charge in [0, 0.05) is 25.4 Å². The molecule has 5 nitrogen and oxygen atoms in total. The molecule has 1 aromatic heterocycles. The first kappa shape index (κ1) is 19.3. The highest BCUT2D eigenvalue weighted by atomic mass is 16.2. The molecule has 3 rings (SSSR count). The van der Waals surface area contributed by atoms with Crippen molar-refractivity contribution in [1.82, 2.24) is 15.2 Å². The van der Waals surface area contributed by atoms with Crippen molar-refractivity contribution in [2.45, 2.75) is 19.5 Å². The zero-order valence-electron chi connectivity index (χ0n) is 16.0. The van der Waals surface area contributed by atoms with Crippen LogP contribution in [0, 0.1) is 0 Å². The van der Waals surface area contributed by atoms with Gasteiger partial charge in [-0.25, -0.2) is 0 Å². The fourth-order valence-corrected chi connectivity index (χ4v) is 2.92. The number of carbonyl (C=O) groups is 2. The monoisotopic (exact) mass is 373 g/mol. The number of aromatic nitrogens is 1. The maximum atomic E-state index is 12.7. The van der Waals surface area contributed by atoms with E-state index < -0.39 is 0 Å². The lowest BCUT2D eigenvalue weighted by Gasteiger charge is -2.17. The lowest BCUT2D eigenvalue weighted by atomic mass is 10.1. The molecule has 1 unspecified atom stereocenters. The van der Waals surface area contributed by atoms with Crippen molar-refractivity contribution in [2.24, 2.45) is 0 Å². The lowest BCUT2D eigenvalue weighted by Crippen LogP contribution is -2.29. The van der Waals surface area contributed by atoms with Crippen molar-refractivity contribution in [2.75, 3.05) is 7.05 Å². The van der Waals surface area contributed by atoms with Gasteiger partial charge < -0.3 is 10.2 Å². The lowest BCUT2D eigenvalue weighted by molar-refractivity contribution is 0.0779. The van der Waals surface area contributed by atoms with E-state index in [4.69, 9.17) is 0 Å². The zero-order valence-corrected chi connectivity index (χ0v) is 16.0. The summed E-state index contributed by atoms with van der Waals surface area (Å²) in [7, 11) is 1.72. The summed E-state index contributed by atoms with van der Waals surface area (Å²) in [6.07, 6.45) is 1.49. The minimum absolute atomic E-state index is 0.137. The van der Waals surface area contributed by atoms with Crippen LogP contribution in [0.15, 0.2) is 79.0 Å². The second kappa shape index (κ2) is 8.95. The van der Waals surface area contributed by atoms with Gasteiger partial charge in [0.05, 0.1) is 6.04 Å². The molecule has 0 bridgehead atoms. The topological polar surface area (TPSA) is 62.3 Å². The summed E-state index contributed by atoms with van der Waals surface area (Å²) in [4.78, 5) is 31.0. The van der Waals surface area contributed by atoms with Crippen LogP contribution in [-0.2, 0) is 6.54 Å². The molecule has 5 heteroatoms. The molecule has 0 aliphatic heterocycles. The van der Waals surface area contributed by atoms with Crippen molar-refractivity contribution < 1.29 is 9.59 Å². The summed E-state index contributed by atoms with van der Waals surface area (Å²) in [6, 6.07) is 22.5. The Morgan fingerprint density at radius 1 is 1.00 bits per heavy atom. The molecule has 0 aliphatic carbocycles. The van der Waals surface area contributed by atoms with Crippen LogP contribution in [-0.4, -0.2) is 28.7 Å². The highest BCUT2D eigenvalue weighted by Crippen LogP contribution is 2.13. The van der Waals surface area contributed by atoms with Gasteiger partial charge in [-0.05, 0) is 30.2 Å². The molecular formula is C23H23N3O2. The maximum absolute atomic E-state index is 12.7. The molecule has 3 aromatic rings. The third-order valence-corrected chi connectivity index (χ3v) is 4.50. The molecule has 0 saturated heterocycles. The number of hydrogen-bond acceptors (Lipinski definition) is 3. The second-order valence-electron chi connectivity index (χ2n) is 6.68. The molecule has 0 spiro atoms. The van der Waals surface area contributed by atoms with E-state index in [9.17, 15) is 9.59 Å². The summed E-state index contributed by atoms with van der Waals surface area (Å²) in [5.41, 5.74) is 2.71. The molecule has 2 aromatic carbocycles. The summed E-state index contributed by atoms with van der Waals surface area (Å²) < 4.78 is 0. The number of pyridine rings is 1. The summed E-state index contributed by atoms with van der Waals surface area (Å²) in [5, 5.41) is 2.96. The van der Waals surface area contributed by atoms with Gasteiger partial charge in [-0.2, -0.15) is 0 Å². The molecule has 2 amide bonds. The molecule has 1 N–H and O–H groups in total. The number of benzene rings is 2. The Bertz CT molecular complexity index is 942. The SMILES string of the molecule is CC(NC(=O)c1ccnc(C(=O)N(C)Cc2ccccc2)c1)c1ccccc1. The number of hydrogen-bond donors (Lipinski definition) is 1. The predicted molar refractivity (Wildman–Crippen MR) is 109 cm³/mol. The minimum Gasteiger partial charge on any atom is -0.346 e. The van der Waals surface area contributed by atoms with Gasteiger partial charge in [0.2, 0.25) is 0 Å². The second-order valence-corrected chi connectivity index (χ2v) is 6.68. The molecule has 142 valence electrons. The van der Waals surface area contributed by atoms with Gasteiger partial charge >= 0.3 is 0 Å². The predicted octanol–water partition coefficient (Wildman–Crippen LogP) is 3.84. The van der Waals surface area contributed by atoms with E-state index in [0.29, 0.717) is 12.1 Å². The largest absolute Gasteiger partial charge is 0.346 e. The Morgan fingerprint density at radius 2 is 1.64 bits per heavy atom. The highest BCUT2D eigenvalue weighted by molar-refractivity contribution is 5.98. The normalized spacial score (nSPS) is 11.5. The van der Waals surface area contributed by atoms with Crippen molar-refractivity contribution >= 4 is 11.8 Å². The van der Waals surface area contributed by atoms with Gasteiger partial charge in [0.15, 0.2) is 0 Å². The quantitative estimate of drug-likeness (QED) is 0.714. The van der Waals surface area contributed by atoms with Crippen LogP contribution in [0.3, 0.4) is 0 Å². The number of amides is 2. The molecular weight excluding hydrogens is 350 g/mol. The first-order chi connectivity index (χ1) is 13.5. The summed E-state index contributed by atoms with van der Waals surface area (Å²) in [5.74, 6) is -0.465. The van der Waals surface area contributed by atoms with Gasteiger partial charge in [0.1, 0.15) is 5.69 Å². The van der Waals surface area contributed by atoms with E-state index in [-0.39, 0.29) is 23.6 Å². The van der Waals surface area contributed by atoms with Crippen LogP contribution >= 0.6 is 0 Å². The van der Waals surface area contributed by atoms with E-state index in [2.05, 4.69) is 10.3 Å². The Balaban J connectivity index is 1.69. The van der Waals surface area contributed by atoms with E-state index in [1.165, 1.54) is 12.3 Å². The average molecular weight is 373 g/mol. The fraction of sp³-hybridized carbons (Fsp3) is 0.174. The third-order valence-electron chi connectivity index (χ3n) is 4.50. The maximum Gasteiger partial charge on any atom is 0.272 e. The molecule has 1 atom stereocenters. The van der Waals surface area contributed by atoms with Crippen LogP contribution in [0.5, 0.6) is 0 Å². The minimum atomic E-state index is -0.237. The van der Waals surface area contributed by atoms with E-state index >= 15 is 0 Å². The van der Waals surface area contributed by atoms with Gasteiger partial charge in [-0.3, -0.25) is 14.6 Å². The molecule has 0 radical (unpaired) electrons. The first-order valence-corrected chi connectivity index (χ1v) is 9.16. The van der Waals surface area contributed by atoms with Crippen molar-refractivity contribution in [3.8, 4) is 0 Å². The Morgan fingerprint density at radius 3 is 2.32 bits per heavy atom. The molecule has 28 heavy (non-hydrogen) atoms. The fourth-order valence-electron chi connectivity index (χ4n) is 2.92. The molecule has 1 heterocycles.